The quantitative estimate of drug-likeness (QED) is 0.0211. The lowest BCUT2D eigenvalue weighted by Gasteiger charge is -2.25. The number of allylic oxidation sites excluding steroid dienone is 22. The molecule has 0 aliphatic rings. The van der Waals surface area contributed by atoms with Gasteiger partial charge in [0, 0.05) is 12.8 Å². The number of rotatable bonds is 53. The van der Waals surface area contributed by atoms with E-state index >= 15 is 0 Å². The van der Waals surface area contributed by atoms with Gasteiger partial charge in [0.2, 0.25) is 0 Å². The molecule has 0 aromatic heterocycles. The van der Waals surface area contributed by atoms with Crippen molar-refractivity contribution in [2.24, 2.45) is 0 Å². The van der Waals surface area contributed by atoms with E-state index in [1.165, 1.54) is 44.9 Å². The summed E-state index contributed by atoms with van der Waals surface area (Å²) >= 11 is 0. The van der Waals surface area contributed by atoms with Gasteiger partial charge in [-0.25, -0.2) is 4.79 Å². The summed E-state index contributed by atoms with van der Waals surface area (Å²) in [6.45, 7) is 4.66. The predicted molar refractivity (Wildman–Crippen MR) is 322 cm³/mol. The molecule has 0 radical (unpaired) electrons. The molecule has 9 nitrogen and oxygen atoms in total. The number of carboxylic acid groups (broad SMARTS) is 1. The summed E-state index contributed by atoms with van der Waals surface area (Å²) < 4.78 is 22.8. The molecule has 0 fully saturated rings. The zero-order valence-corrected chi connectivity index (χ0v) is 48.9. The van der Waals surface area contributed by atoms with Crippen LogP contribution in [0.3, 0.4) is 0 Å². The summed E-state index contributed by atoms with van der Waals surface area (Å²) in [5, 5.41) is 9.67. The normalized spacial score (nSPS) is 13.8. The molecule has 0 spiro atoms. The van der Waals surface area contributed by atoms with Crippen LogP contribution in [0.15, 0.2) is 134 Å². The summed E-state index contributed by atoms with van der Waals surface area (Å²) in [6, 6.07) is 0. The van der Waals surface area contributed by atoms with Crippen LogP contribution in [-0.4, -0.2) is 87.4 Å². The second-order valence-electron chi connectivity index (χ2n) is 20.6. The molecular formula is C67H110NO8+. The molecule has 0 aromatic carbocycles. The van der Waals surface area contributed by atoms with Gasteiger partial charge in [-0.2, -0.15) is 0 Å². The molecule has 1 N–H and O–H groups in total. The zero-order chi connectivity index (χ0) is 55.5. The second kappa shape index (κ2) is 56.6. The molecule has 9 heteroatoms. The first-order valence-corrected chi connectivity index (χ1v) is 29.8. The lowest BCUT2D eigenvalue weighted by atomic mass is 10.0. The lowest BCUT2D eigenvalue weighted by Crippen LogP contribution is -2.40. The monoisotopic (exact) mass is 1060 g/mol. The number of nitrogens with zero attached hydrogens (tertiary/aromatic N) is 1. The summed E-state index contributed by atoms with van der Waals surface area (Å²) in [7, 11) is 5.95. The number of carbonyl (C=O) groups excluding carboxylic acids is 2. The number of hydrogen-bond acceptors (Lipinski definition) is 7. The van der Waals surface area contributed by atoms with Crippen molar-refractivity contribution in [2.45, 2.75) is 225 Å². The Kier molecular flexibility index (Phi) is 53.2. The fraction of sp³-hybridized carbons (Fsp3) is 0.627. The van der Waals surface area contributed by atoms with Crippen molar-refractivity contribution in [3.05, 3.63) is 134 Å². The van der Waals surface area contributed by atoms with E-state index in [4.69, 9.17) is 18.9 Å². The number of likely N-dealkylation sites (N-methyl/N-ethyl adjacent to an activating group) is 1. The maximum atomic E-state index is 12.8. The first-order valence-electron chi connectivity index (χ1n) is 29.8. The average molecular weight is 1060 g/mol. The highest BCUT2D eigenvalue weighted by Crippen LogP contribution is 2.14. The molecule has 0 rings (SSSR count). The van der Waals surface area contributed by atoms with Gasteiger partial charge >= 0.3 is 17.9 Å². The van der Waals surface area contributed by atoms with Crippen molar-refractivity contribution >= 4 is 17.9 Å². The summed E-state index contributed by atoms with van der Waals surface area (Å²) in [5.74, 6) is -2.04. The van der Waals surface area contributed by atoms with E-state index in [1.54, 1.807) is 0 Å². The standard InChI is InChI=1S/C67H109NO8/c1-6-8-10-12-14-16-18-19-20-21-22-23-24-25-26-27-28-29-30-31-32-33-34-35-36-37-38-39-40-41-42-43-44-45-46-47-48-50-52-54-56-58-65(70)76-63(62-75-67(66(71)72)73-60-59-68(3,4)5)61-74-64(69)57-55-53-51-49-17-15-13-11-9-7-2/h8,10-11,13-14,16,19-20,22-23,25-26,28-29,31-32,34-35,37-38,40-41,63,67H,6-7,9,12,15,17-18,21,24,27,30,33,36,39,42-62H2,1-5H3/p+1/b10-8-,13-11-,16-14-,20-19-,23-22-,26-25-,29-28-,32-31-,35-34-,38-37-,41-40-. The largest absolute Gasteiger partial charge is 0.477 e. The van der Waals surface area contributed by atoms with E-state index in [-0.39, 0.29) is 38.6 Å². The Balaban J connectivity index is 4.09. The maximum Gasteiger partial charge on any atom is 0.361 e. The van der Waals surface area contributed by atoms with E-state index in [0.29, 0.717) is 17.4 Å². The maximum absolute atomic E-state index is 12.8. The van der Waals surface area contributed by atoms with Crippen LogP contribution in [0.5, 0.6) is 0 Å². The Morgan fingerprint density at radius 3 is 1.13 bits per heavy atom. The molecule has 0 saturated heterocycles. The molecule has 0 heterocycles. The van der Waals surface area contributed by atoms with E-state index in [9.17, 15) is 19.5 Å². The molecular weight excluding hydrogens is 947 g/mol. The van der Waals surface area contributed by atoms with Crippen molar-refractivity contribution in [2.75, 3.05) is 47.5 Å². The minimum Gasteiger partial charge on any atom is -0.477 e. The first kappa shape index (κ1) is 71.4. The van der Waals surface area contributed by atoms with Crippen LogP contribution < -0.4 is 0 Å². The van der Waals surface area contributed by atoms with Gasteiger partial charge in [-0.05, 0) is 109 Å². The molecule has 76 heavy (non-hydrogen) atoms. The van der Waals surface area contributed by atoms with Gasteiger partial charge in [-0.1, -0.05) is 225 Å². The topological polar surface area (TPSA) is 108 Å². The van der Waals surface area contributed by atoms with E-state index < -0.39 is 24.3 Å². The number of esters is 2. The summed E-state index contributed by atoms with van der Waals surface area (Å²) in [6.07, 6.45) is 78.4. The molecule has 0 aromatic rings. The lowest BCUT2D eigenvalue weighted by molar-refractivity contribution is -0.870. The van der Waals surface area contributed by atoms with Gasteiger partial charge in [-0.15, -0.1) is 0 Å². The van der Waals surface area contributed by atoms with Crippen LogP contribution in [0.25, 0.3) is 0 Å². The van der Waals surface area contributed by atoms with Crippen LogP contribution in [0.4, 0.5) is 0 Å². The third kappa shape index (κ3) is 57.1. The minimum atomic E-state index is -1.52. The Morgan fingerprint density at radius 2 is 0.750 bits per heavy atom. The number of unbranched alkanes of at least 4 members (excludes halogenated alkanes) is 16. The number of ether oxygens (including phenoxy) is 4. The Labute approximate surface area is 465 Å². The van der Waals surface area contributed by atoms with Gasteiger partial charge in [0.1, 0.15) is 13.2 Å². The molecule has 0 saturated carbocycles. The minimum absolute atomic E-state index is 0.180. The van der Waals surface area contributed by atoms with Crippen molar-refractivity contribution in [1.82, 2.24) is 0 Å². The van der Waals surface area contributed by atoms with Crippen molar-refractivity contribution < 1.29 is 42.9 Å². The SMILES string of the molecule is CC/C=C\C/C=C\C/C=C\C/C=C\C/C=C\C/C=C\C/C=C\C/C=C\C/C=C\C/C=C\CCCCCCCCCCCCC(=O)OC(COC(=O)CCCCCCC/C=C\CCC)COC(OCC[N+](C)(C)C)C(=O)O. The zero-order valence-electron chi connectivity index (χ0n) is 48.9. The van der Waals surface area contributed by atoms with E-state index in [2.05, 4.69) is 148 Å². The van der Waals surface area contributed by atoms with Gasteiger partial charge in [0.05, 0.1) is 34.4 Å². The van der Waals surface area contributed by atoms with Gasteiger partial charge in [0.25, 0.3) is 6.29 Å². The van der Waals surface area contributed by atoms with Gasteiger partial charge < -0.3 is 28.5 Å². The second-order valence-corrected chi connectivity index (χ2v) is 20.6. The summed E-state index contributed by atoms with van der Waals surface area (Å²) in [4.78, 5) is 37.2. The molecule has 430 valence electrons. The van der Waals surface area contributed by atoms with E-state index in [0.717, 1.165) is 135 Å². The Hall–Kier alpha value is -4.57. The third-order valence-corrected chi connectivity index (χ3v) is 12.1. The van der Waals surface area contributed by atoms with Gasteiger partial charge in [0.15, 0.2) is 6.10 Å². The highest BCUT2D eigenvalue weighted by atomic mass is 16.7. The van der Waals surface area contributed by atoms with E-state index in [1.807, 2.05) is 21.1 Å². The molecule has 2 unspecified atom stereocenters. The Morgan fingerprint density at radius 1 is 0.408 bits per heavy atom. The number of carbonyl (C=O) groups is 3. The number of quaternary nitrogens is 1. The van der Waals surface area contributed by atoms with Crippen molar-refractivity contribution in [3.8, 4) is 0 Å². The van der Waals surface area contributed by atoms with Gasteiger partial charge in [-0.3, -0.25) is 9.59 Å². The van der Waals surface area contributed by atoms with Crippen molar-refractivity contribution in [3.63, 3.8) is 0 Å². The smallest absolute Gasteiger partial charge is 0.361 e. The molecule has 2 atom stereocenters. The first-order chi connectivity index (χ1) is 37.1. The van der Waals surface area contributed by atoms with Crippen LogP contribution in [-0.2, 0) is 33.3 Å². The number of carboxylic acids is 1. The number of hydrogen-bond donors (Lipinski definition) is 1. The van der Waals surface area contributed by atoms with Crippen molar-refractivity contribution in [1.29, 1.82) is 0 Å². The van der Waals surface area contributed by atoms with Crippen LogP contribution >= 0.6 is 0 Å². The molecule has 0 aliphatic carbocycles. The molecule has 0 aliphatic heterocycles. The fourth-order valence-electron chi connectivity index (χ4n) is 7.57. The number of aliphatic carboxylic acids is 1. The van der Waals surface area contributed by atoms with Crippen LogP contribution in [0.2, 0.25) is 0 Å². The fourth-order valence-corrected chi connectivity index (χ4v) is 7.57. The molecule has 0 bridgehead atoms. The highest BCUT2D eigenvalue weighted by Gasteiger charge is 2.25. The van der Waals surface area contributed by atoms with Crippen LogP contribution in [0.1, 0.15) is 213 Å². The summed E-state index contributed by atoms with van der Waals surface area (Å²) in [5.41, 5.74) is 0. The van der Waals surface area contributed by atoms with Crippen LogP contribution in [0, 0.1) is 0 Å². The molecule has 0 amide bonds. The predicted octanol–water partition coefficient (Wildman–Crippen LogP) is 17.8. The Bertz CT molecular complexity index is 1700. The third-order valence-electron chi connectivity index (χ3n) is 12.1. The highest BCUT2D eigenvalue weighted by molar-refractivity contribution is 5.71. The average Bonchev–Trinajstić information content (AvgIpc) is 3.39.